The monoisotopic (exact) mass is 503 g/mol. The number of ether oxygens (including phenoxy) is 1. The molecule has 4 atom stereocenters. The van der Waals surface area contributed by atoms with Gasteiger partial charge in [0.05, 0.1) is 0 Å². The summed E-state index contributed by atoms with van der Waals surface area (Å²) >= 11 is 0. The zero-order chi connectivity index (χ0) is 27.8. The lowest BCUT2D eigenvalue weighted by Gasteiger charge is -2.29. The predicted octanol–water partition coefficient (Wildman–Crippen LogP) is 3.68. The number of allylic oxidation sites excluding steroid dienone is 3. The lowest BCUT2D eigenvalue weighted by Crippen LogP contribution is -2.53. The molecule has 8 heteroatoms. The number of esters is 1. The van der Waals surface area contributed by atoms with E-state index in [4.69, 9.17) is 4.74 Å². The van der Waals surface area contributed by atoms with Crippen LogP contribution >= 0.6 is 0 Å². The van der Waals surface area contributed by atoms with Crippen LogP contribution in [0.25, 0.3) is 0 Å². The fraction of sp³-hybridized carbons (Fsp3) is 0.643. The molecule has 1 heterocycles. The minimum Gasteiger partial charge on any atom is -0.456 e. The van der Waals surface area contributed by atoms with Gasteiger partial charge in [-0.05, 0) is 38.2 Å². The summed E-state index contributed by atoms with van der Waals surface area (Å²) in [6, 6.07) is -1.58. The molecule has 1 rings (SSSR count). The van der Waals surface area contributed by atoms with Crippen molar-refractivity contribution in [1.29, 1.82) is 0 Å². The van der Waals surface area contributed by atoms with Gasteiger partial charge in [0.1, 0.15) is 24.7 Å². The van der Waals surface area contributed by atoms with E-state index in [2.05, 4.69) is 44.1 Å². The van der Waals surface area contributed by atoms with Crippen LogP contribution in [0, 0.1) is 11.3 Å². The van der Waals surface area contributed by atoms with Crippen LogP contribution in [0.3, 0.4) is 0 Å². The summed E-state index contributed by atoms with van der Waals surface area (Å²) in [4.78, 5) is 52.7. The molecule has 0 aromatic heterocycles. The van der Waals surface area contributed by atoms with E-state index in [9.17, 15) is 19.2 Å². The second-order valence-corrected chi connectivity index (χ2v) is 10.9. The Morgan fingerprint density at radius 3 is 2.33 bits per heavy atom. The minimum absolute atomic E-state index is 0.0176. The van der Waals surface area contributed by atoms with Crippen molar-refractivity contribution >= 4 is 23.7 Å². The highest BCUT2D eigenvalue weighted by molar-refractivity contribution is 5.93. The summed E-state index contributed by atoms with van der Waals surface area (Å²) in [5.74, 6) is -2.16. The first kappa shape index (κ1) is 31.1. The molecule has 0 saturated carbocycles. The molecular weight excluding hydrogens is 458 g/mol. The Labute approximate surface area is 216 Å². The van der Waals surface area contributed by atoms with Gasteiger partial charge in [-0.3, -0.25) is 19.2 Å². The maximum Gasteiger partial charge on any atom is 0.326 e. The fourth-order valence-corrected chi connectivity index (χ4v) is 4.38. The van der Waals surface area contributed by atoms with Crippen LogP contribution in [0.5, 0.6) is 0 Å². The number of hydrogen-bond acceptors (Lipinski definition) is 5. The number of carbonyl (C=O) groups excluding carboxylic acids is 4. The molecule has 1 fully saturated rings. The number of amides is 3. The summed E-state index contributed by atoms with van der Waals surface area (Å²) in [5, 5.41) is 5.34. The van der Waals surface area contributed by atoms with Gasteiger partial charge >= 0.3 is 5.97 Å². The molecule has 0 aromatic rings. The Balaban J connectivity index is 3.37. The van der Waals surface area contributed by atoms with Crippen molar-refractivity contribution in [3.63, 3.8) is 0 Å². The highest BCUT2D eigenvalue weighted by Gasteiger charge is 2.32. The maximum absolute atomic E-state index is 12.9. The van der Waals surface area contributed by atoms with Crippen LogP contribution in [0.2, 0.25) is 0 Å². The lowest BCUT2D eigenvalue weighted by molar-refractivity contribution is -0.149. The zero-order valence-electron chi connectivity index (χ0n) is 23.5. The van der Waals surface area contributed by atoms with E-state index in [1.807, 2.05) is 33.8 Å². The van der Waals surface area contributed by atoms with Crippen LogP contribution in [0.4, 0.5) is 0 Å². The maximum atomic E-state index is 12.9. The number of rotatable bonds is 4. The first-order chi connectivity index (χ1) is 16.6. The zero-order valence-corrected chi connectivity index (χ0v) is 23.5. The van der Waals surface area contributed by atoms with Gasteiger partial charge in [0.25, 0.3) is 0 Å². The Hall–Kier alpha value is -2.90. The molecule has 0 radical (unpaired) electrons. The molecule has 8 nitrogen and oxygen atoms in total. The number of hydrogen-bond donors (Lipinski definition) is 2. The second kappa shape index (κ2) is 13.4. The van der Waals surface area contributed by atoms with Crippen molar-refractivity contribution < 1.29 is 23.9 Å². The van der Waals surface area contributed by atoms with Crippen molar-refractivity contribution in [2.24, 2.45) is 11.3 Å². The van der Waals surface area contributed by atoms with Gasteiger partial charge in [0.15, 0.2) is 0 Å². The van der Waals surface area contributed by atoms with Gasteiger partial charge in [-0.25, -0.2) is 0 Å². The van der Waals surface area contributed by atoms with Gasteiger partial charge in [-0.15, -0.1) is 0 Å². The molecule has 1 saturated heterocycles. The third kappa shape index (κ3) is 9.63. The van der Waals surface area contributed by atoms with Crippen LogP contribution in [0.15, 0.2) is 35.5 Å². The first-order valence-electron chi connectivity index (χ1n) is 12.7. The third-order valence-electron chi connectivity index (χ3n) is 6.14. The normalized spacial score (nSPS) is 26.6. The first-order valence-corrected chi connectivity index (χ1v) is 12.7. The summed E-state index contributed by atoms with van der Waals surface area (Å²) < 4.78 is 5.83. The van der Waals surface area contributed by atoms with Crippen molar-refractivity contribution in [3.8, 4) is 0 Å². The number of cyclic esters (lactones) is 1. The second-order valence-electron chi connectivity index (χ2n) is 10.9. The highest BCUT2D eigenvalue weighted by atomic mass is 16.5. The van der Waals surface area contributed by atoms with E-state index in [0.29, 0.717) is 18.4 Å². The van der Waals surface area contributed by atoms with Crippen LogP contribution in [-0.4, -0.2) is 60.4 Å². The van der Waals surface area contributed by atoms with E-state index < -0.39 is 30.1 Å². The van der Waals surface area contributed by atoms with E-state index in [0.717, 1.165) is 11.1 Å². The molecule has 3 amide bonds. The number of carbonyl (C=O) groups is 4. The van der Waals surface area contributed by atoms with E-state index in [-0.39, 0.29) is 36.1 Å². The molecule has 0 aromatic carbocycles. The largest absolute Gasteiger partial charge is 0.456 e. The standard InChI is InChI=1S/C28H45N3O5/c1-11-12-22-26(34)29-16-24(33)36-25(19(4)13-17(2)15-28(7,8)9)20(5)18(3)14-23(32)30-21(6)27(35)31(22)10/h13,15,20-22,25H,3,11-12,14,16H2,1-2,4-10H3,(H,29,34)(H,30,32)/b17-15+,19-13+/t20-,21+,22+,25+/m1/s1. The average Bonchev–Trinajstić information content (AvgIpc) is 2.75. The van der Waals surface area contributed by atoms with Gasteiger partial charge in [-0.2, -0.15) is 0 Å². The quantitative estimate of drug-likeness (QED) is 0.346. The molecule has 0 bridgehead atoms. The van der Waals surface area contributed by atoms with Gasteiger partial charge in [0, 0.05) is 19.4 Å². The van der Waals surface area contributed by atoms with Crippen LogP contribution in [-0.2, 0) is 23.9 Å². The Bertz CT molecular complexity index is 913. The number of nitrogens with zero attached hydrogens (tertiary/aromatic N) is 1. The van der Waals surface area contributed by atoms with Crippen molar-refractivity contribution in [2.45, 2.75) is 92.8 Å². The average molecular weight is 504 g/mol. The smallest absolute Gasteiger partial charge is 0.326 e. The topological polar surface area (TPSA) is 105 Å². The molecule has 36 heavy (non-hydrogen) atoms. The van der Waals surface area contributed by atoms with Crippen molar-refractivity contribution in [1.82, 2.24) is 15.5 Å². The van der Waals surface area contributed by atoms with Crippen LogP contribution < -0.4 is 10.6 Å². The van der Waals surface area contributed by atoms with Crippen molar-refractivity contribution in [2.75, 3.05) is 13.6 Å². The Morgan fingerprint density at radius 1 is 1.17 bits per heavy atom. The Morgan fingerprint density at radius 2 is 1.78 bits per heavy atom. The molecule has 0 spiro atoms. The SMILES string of the molecule is C=C1CC(=O)N[C@@H](C)C(=O)N(C)[C@@H](CCC)C(=O)NCC(=O)O[C@@H](/C(C)=C/C(C)=C/C(C)(C)C)[C@@H]1C. The van der Waals surface area contributed by atoms with Gasteiger partial charge < -0.3 is 20.3 Å². The molecular formula is C28H45N3O5. The summed E-state index contributed by atoms with van der Waals surface area (Å²) in [6.07, 6.45) is 4.48. The minimum atomic E-state index is -0.816. The summed E-state index contributed by atoms with van der Waals surface area (Å²) in [6.45, 7) is 19.3. The Kier molecular flexibility index (Phi) is 11.6. The third-order valence-corrected chi connectivity index (χ3v) is 6.14. The van der Waals surface area contributed by atoms with E-state index in [1.54, 1.807) is 6.92 Å². The van der Waals surface area contributed by atoms with Gasteiger partial charge in [0.2, 0.25) is 17.7 Å². The molecule has 0 unspecified atom stereocenters. The highest BCUT2D eigenvalue weighted by Crippen LogP contribution is 2.27. The van der Waals surface area contributed by atoms with Crippen molar-refractivity contribution in [3.05, 3.63) is 35.5 Å². The van der Waals surface area contributed by atoms with E-state index in [1.165, 1.54) is 11.9 Å². The molecule has 202 valence electrons. The molecule has 2 N–H and O–H groups in total. The van der Waals surface area contributed by atoms with Gasteiger partial charge in [-0.1, -0.05) is 70.9 Å². The van der Waals surface area contributed by atoms with E-state index >= 15 is 0 Å². The fourth-order valence-electron chi connectivity index (χ4n) is 4.38. The molecule has 1 aliphatic rings. The summed E-state index contributed by atoms with van der Waals surface area (Å²) in [5.41, 5.74) is 2.38. The predicted molar refractivity (Wildman–Crippen MR) is 142 cm³/mol. The van der Waals surface area contributed by atoms with Crippen LogP contribution in [0.1, 0.15) is 74.7 Å². The summed E-state index contributed by atoms with van der Waals surface area (Å²) in [7, 11) is 1.53. The lowest BCUT2D eigenvalue weighted by atomic mass is 9.88. The molecule has 0 aliphatic carbocycles. The number of likely N-dealkylation sites (N-methyl/N-ethyl adjacent to an activating group) is 1. The number of nitrogens with one attached hydrogen (secondary N) is 2. The molecule has 1 aliphatic heterocycles.